The van der Waals surface area contributed by atoms with E-state index in [-0.39, 0.29) is 12.0 Å². The lowest BCUT2D eigenvalue weighted by molar-refractivity contribution is -0.144. The van der Waals surface area contributed by atoms with Crippen molar-refractivity contribution in [1.82, 2.24) is 5.32 Å². The first kappa shape index (κ1) is 9.71. The topological polar surface area (TPSA) is 49.3 Å². The Kier molecular flexibility index (Phi) is 2.59. The van der Waals surface area contributed by atoms with E-state index in [9.17, 15) is 4.79 Å². The summed E-state index contributed by atoms with van der Waals surface area (Å²) < 4.78 is 0. The summed E-state index contributed by atoms with van der Waals surface area (Å²) in [6.07, 6.45) is 5.20. The van der Waals surface area contributed by atoms with Crippen molar-refractivity contribution in [1.29, 1.82) is 0 Å². The van der Waals surface area contributed by atoms with Gasteiger partial charge in [-0.2, -0.15) is 0 Å². The lowest BCUT2D eigenvalue weighted by Crippen LogP contribution is -2.44. The van der Waals surface area contributed by atoms with E-state index in [1.165, 1.54) is 6.42 Å². The summed E-state index contributed by atoms with van der Waals surface area (Å²) in [6.45, 7) is 4.36. The molecule has 2 aliphatic rings. The van der Waals surface area contributed by atoms with Crippen LogP contribution in [0.3, 0.4) is 0 Å². The quantitative estimate of drug-likeness (QED) is 0.664. The van der Waals surface area contributed by atoms with Crippen molar-refractivity contribution < 1.29 is 9.90 Å². The van der Waals surface area contributed by atoms with Crippen molar-refractivity contribution in [3.8, 4) is 0 Å². The number of carboxylic acids is 1. The highest BCUT2D eigenvalue weighted by Gasteiger charge is 2.50. The Morgan fingerprint density at radius 1 is 1.50 bits per heavy atom. The average Bonchev–Trinajstić information content (AvgIpc) is 2.72. The van der Waals surface area contributed by atoms with Crippen LogP contribution < -0.4 is 5.32 Å². The van der Waals surface area contributed by atoms with Crippen LogP contribution in [0.5, 0.6) is 0 Å². The number of fused-ring (bicyclic) bond motifs is 2. The van der Waals surface area contributed by atoms with E-state index in [1.54, 1.807) is 6.08 Å². The summed E-state index contributed by atoms with van der Waals surface area (Å²) in [5.74, 6) is 0.216. The smallest absolute Gasteiger partial charge is 0.308 e. The Bertz CT molecular complexity index is 252. The van der Waals surface area contributed by atoms with Crippen LogP contribution in [-0.4, -0.2) is 23.7 Å². The monoisotopic (exact) mass is 195 g/mol. The minimum Gasteiger partial charge on any atom is -0.481 e. The molecule has 0 aromatic carbocycles. The van der Waals surface area contributed by atoms with E-state index in [1.807, 2.05) is 0 Å². The summed E-state index contributed by atoms with van der Waals surface area (Å²) in [7, 11) is 0. The summed E-state index contributed by atoms with van der Waals surface area (Å²) in [4.78, 5) is 11.1. The Hall–Kier alpha value is -0.830. The lowest BCUT2D eigenvalue weighted by Gasteiger charge is -2.28. The number of carbonyl (C=O) groups is 1. The maximum atomic E-state index is 11.1. The van der Waals surface area contributed by atoms with Crippen LogP contribution in [0.15, 0.2) is 12.7 Å². The van der Waals surface area contributed by atoms with Crippen molar-refractivity contribution in [2.45, 2.75) is 25.3 Å². The Labute approximate surface area is 84.2 Å². The Morgan fingerprint density at radius 3 is 2.86 bits per heavy atom. The number of carboxylic acid groups (broad SMARTS) is 1. The van der Waals surface area contributed by atoms with Gasteiger partial charge in [-0.05, 0) is 31.1 Å². The molecule has 0 spiro atoms. The van der Waals surface area contributed by atoms with Gasteiger partial charge in [-0.15, -0.1) is 6.58 Å². The Morgan fingerprint density at radius 2 is 2.21 bits per heavy atom. The van der Waals surface area contributed by atoms with Crippen LogP contribution in [0.25, 0.3) is 0 Å². The van der Waals surface area contributed by atoms with E-state index in [0.717, 1.165) is 19.4 Å². The average molecular weight is 195 g/mol. The summed E-state index contributed by atoms with van der Waals surface area (Å²) in [5.41, 5.74) is 0. The van der Waals surface area contributed by atoms with Gasteiger partial charge >= 0.3 is 5.97 Å². The molecule has 2 bridgehead atoms. The van der Waals surface area contributed by atoms with Gasteiger partial charge in [-0.1, -0.05) is 6.08 Å². The number of hydrogen-bond donors (Lipinski definition) is 2. The van der Waals surface area contributed by atoms with Gasteiger partial charge in [0.1, 0.15) is 0 Å². The molecule has 3 heteroatoms. The highest BCUT2D eigenvalue weighted by molar-refractivity contribution is 5.72. The van der Waals surface area contributed by atoms with Gasteiger partial charge < -0.3 is 10.4 Å². The fourth-order valence-corrected chi connectivity index (χ4v) is 3.16. The van der Waals surface area contributed by atoms with Crippen LogP contribution >= 0.6 is 0 Å². The minimum atomic E-state index is -0.626. The van der Waals surface area contributed by atoms with Crippen molar-refractivity contribution in [2.24, 2.45) is 17.8 Å². The standard InChI is InChI=1S/C11H17NO2/c1-2-5-12-10-8-4-3-7(6-8)9(10)11(13)14/h2,7-10,12H,1,3-6H2,(H,13,14). The second-order valence-electron chi connectivity index (χ2n) is 4.42. The molecule has 14 heavy (non-hydrogen) atoms. The van der Waals surface area contributed by atoms with Gasteiger partial charge in [0.2, 0.25) is 0 Å². The van der Waals surface area contributed by atoms with Crippen molar-refractivity contribution >= 4 is 5.97 Å². The van der Waals surface area contributed by atoms with Crippen molar-refractivity contribution in [3.05, 3.63) is 12.7 Å². The molecule has 0 amide bonds. The van der Waals surface area contributed by atoms with Crippen molar-refractivity contribution in [2.75, 3.05) is 6.54 Å². The molecular weight excluding hydrogens is 178 g/mol. The van der Waals surface area contributed by atoms with Gasteiger partial charge in [0, 0.05) is 12.6 Å². The lowest BCUT2D eigenvalue weighted by atomic mass is 9.84. The highest BCUT2D eigenvalue weighted by Crippen LogP contribution is 2.48. The van der Waals surface area contributed by atoms with E-state index < -0.39 is 5.97 Å². The first-order valence-electron chi connectivity index (χ1n) is 5.31. The molecule has 2 N–H and O–H groups in total. The van der Waals surface area contributed by atoms with Crippen LogP contribution in [-0.2, 0) is 4.79 Å². The molecule has 2 fully saturated rings. The number of hydrogen-bond acceptors (Lipinski definition) is 2. The molecule has 2 saturated carbocycles. The molecule has 2 aliphatic carbocycles. The van der Waals surface area contributed by atoms with Gasteiger partial charge in [0.25, 0.3) is 0 Å². The molecule has 2 rings (SSSR count). The van der Waals surface area contributed by atoms with Gasteiger partial charge in [0.05, 0.1) is 5.92 Å². The molecule has 78 valence electrons. The fourth-order valence-electron chi connectivity index (χ4n) is 3.16. The molecule has 4 unspecified atom stereocenters. The van der Waals surface area contributed by atoms with Gasteiger partial charge in [-0.25, -0.2) is 0 Å². The molecule has 4 atom stereocenters. The second kappa shape index (κ2) is 3.73. The summed E-state index contributed by atoms with van der Waals surface area (Å²) in [6, 6.07) is 0.184. The van der Waals surface area contributed by atoms with Crippen LogP contribution in [0.1, 0.15) is 19.3 Å². The fraction of sp³-hybridized carbons (Fsp3) is 0.727. The van der Waals surface area contributed by atoms with Crippen LogP contribution in [0, 0.1) is 17.8 Å². The second-order valence-corrected chi connectivity index (χ2v) is 4.42. The zero-order valence-electron chi connectivity index (χ0n) is 8.28. The number of nitrogens with one attached hydrogen (secondary N) is 1. The molecule has 0 aromatic heterocycles. The molecular formula is C11H17NO2. The maximum Gasteiger partial charge on any atom is 0.308 e. The maximum absolute atomic E-state index is 11.1. The normalized spacial score (nSPS) is 40.0. The molecule has 0 aliphatic heterocycles. The predicted molar refractivity (Wildman–Crippen MR) is 53.9 cm³/mol. The summed E-state index contributed by atoms with van der Waals surface area (Å²) >= 11 is 0. The highest BCUT2D eigenvalue weighted by atomic mass is 16.4. The molecule has 0 radical (unpaired) electrons. The van der Waals surface area contributed by atoms with Gasteiger partial charge in [-0.3, -0.25) is 4.79 Å². The van der Waals surface area contributed by atoms with Gasteiger partial charge in [0.15, 0.2) is 0 Å². The molecule has 0 heterocycles. The molecule has 0 saturated heterocycles. The van der Waals surface area contributed by atoms with E-state index in [0.29, 0.717) is 11.8 Å². The number of aliphatic carboxylic acids is 1. The van der Waals surface area contributed by atoms with Crippen molar-refractivity contribution in [3.63, 3.8) is 0 Å². The van der Waals surface area contributed by atoms with E-state index in [4.69, 9.17) is 5.11 Å². The first-order chi connectivity index (χ1) is 6.74. The molecule has 3 nitrogen and oxygen atoms in total. The summed E-state index contributed by atoms with van der Waals surface area (Å²) in [5, 5.41) is 12.4. The third kappa shape index (κ3) is 1.46. The van der Waals surface area contributed by atoms with Crippen LogP contribution in [0.2, 0.25) is 0 Å². The first-order valence-corrected chi connectivity index (χ1v) is 5.31. The zero-order chi connectivity index (χ0) is 10.1. The number of rotatable bonds is 4. The Balaban J connectivity index is 2.05. The molecule has 0 aromatic rings. The predicted octanol–water partition coefficient (Wildman–Crippen LogP) is 1.26. The third-order valence-corrected chi connectivity index (χ3v) is 3.70. The largest absolute Gasteiger partial charge is 0.481 e. The minimum absolute atomic E-state index is 0.159. The van der Waals surface area contributed by atoms with E-state index >= 15 is 0 Å². The van der Waals surface area contributed by atoms with E-state index in [2.05, 4.69) is 11.9 Å². The van der Waals surface area contributed by atoms with Crippen LogP contribution in [0.4, 0.5) is 0 Å². The zero-order valence-corrected chi connectivity index (χ0v) is 8.28. The third-order valence-electron chi connectivity index (χ3n) is 3.70. The SMILES string of the molecule is C=CCNC1C2CCC(C2)C1C(=O)O.